The lowest BCUT2D eigenvalue weighted by molar-refractivity contribution is 0.194. The number of benzene rings is 2. The summed E-state index contributed by atoms with van der Waals surface area (Å²) >= 11 is 1.41. The highest BCUT2D eigenvalue weighted by Gasteiger charge is 2.35. The Kier molecular flexibility index (Phi) is 4.65. The first-order valence-corrected chi connectivity index (χ1v) is 9.18. The van der Waals surface area contributed by atoms with Crippen LogP contribution in [0.1, 0.15) is 28.6 Å². The molecule has 1 aliphatic rings. The Morgan fingerprint density at radius 2 is 1.92 bits per heavy atom. The minimum absolute atomic E-state index is 0.237. The molecule has 0 radical (unpaired) electrons. The third-order valence-electron chi connectivity index (χ3n) is 4.50. The van der Waals surface area contributed by atoms with Gasteiger partial charge in [0.1, 0.15) is 16.6 Å². The van der Waals surface area contributed by atoms with Gasteiger partial charge < -0.3 is 10.0 Å². The molecule has 0 aliphatic carbocycles. The number of nitrogens with zero attached hydrogens (tertiary/aromatic N) is 3. The molecule has 0 amide bonds. The summed E-state index contributed by atoms with van der Waals surface area (Å²) in [4.78, 5) is 1.81. The maximum Gasteiger partial charge on any atom is 0.208 e. The van der Waals surface area contributed by atoms with Gasteiger partial charge in [0, 0.05) is 18.5 Å². The third kappa shape index (κ3) is 3.45. The van der Waals surface area contributed by atoms with Gasteiger partial charge in [0.25, 0.3) is 0 Å². The van der Waals surface area contributed by atoms with Crippen LogP contribution in [0.4, 0.5) is 13.9 Å². The van der Waals surface area contributed by atoms with Crippen LogP contribution in [-0.4, -0.2) is 28.0 Å². The number of aliphatic hydroxyl groups is 1. The molecule has 2 unspecified atom stereocenters. The summed E-state index contributed by atoms with van der Waals surface area (Å²) in [5, 5.41) is 20.0. The van der Waals surface area contributed by atoms with Crippen LogP contribution in [0.25, 0.3) is 0 Å². The average Bonchev–Trinajstić information content (AvgIpc) is 3.24. The number of aliphatic hydroxyl groups excluding tert-OH is 1. The molecule has 2 aromatic carbocycles. The van der Waals surface area contributed by atoms with Crippen molar-refractivity contribution in [2.75, 3.05) is 11.4 Å². The van der Waals surface area contributed by atoms with Crippen molar-refractivity contribution in [3.8, 4) is 0 Å². The Morgan fingerprint density at radius 3 is 2.73 bits per heavy atom. The molecule has 1 aromatic heterocycles. The van der Waals surface area contributed by atoms with Gasteiger partial charge in [0.2, 0.25) is 5.13 Å². The zero-order chi connectivity index (χ0) is 18.1. The molecule has 134 valence electrons. The standard InChI is InChI=1S/C19H17F2N3OS/c20-13-6-7-16(21)15(9-13)17-10-14(25)11-24(17)19-23-22-18(26-19)8-12-4-2-1-3-5-12/h1-7,9,14,17,25H,8,10-11H2. The maximum absolute atomic E-state index is 14.2. The molecule has 2 heterocycles. The Labute approximate surface area is 153 Å². The first-order valence-electron chi connectivity index (χ1n) is 8.36. The molecular weight excluding hydrogens is 356 g/mol. The minimum atomic E-state index is -0.621. The van der Waals surface area contributed by atoms with E-state index in [1.54, 1.807) is 0 Å². The highest BCUT2D eigenvalue weighted by atomic mass is 32.1. The second-order valence-corrected chi connectivity index (χ2v) is 7.40. The van der Waals surface area contributed by atoms with E-state index in [1.165, 1.54) is 17.4 Å². The second-order valence-electron chi connectivity index (χ2n) is 6.36. The van der Waals surface area contributed by atoms with E-state index in [0.29, 0.717) is 24.5 Å². The Morgan fingerprint density at radius 1 is 1.12 bits per heavy atom. The van der Waals surface area contributed by atoms with Gasteiger partial charge in [-0.05, 0) is 30.2 Å². The predicted octanol–water partition coefficient (Wildman–Crippen LogP) is 3.72. The molecule has 2 atom stereocenters. The van der Waals surface area contributed by atoms with Gasteiger partial charge in [-0.2, -0.15) is 0 Å². The van der Waals surface area contributed by atoms with E-state index in [0.717, 1.165) is 22.7 Å². The predicted molar refractivity (Wildman–Crippen MR) is 96.2 cm³/mol. The minimum Gasteiger partial charge on any atom is -0.391 e. The van der Waals surface area contributed by atoms with Gasteiger partial charge in [-0.25, -0.2) is 8.78 Å². The topological polar surface area (TPSA) is 49.2 Å². The zero-order valence-electron chi connectivity index (χ0n) is 13.8. The highest BCUT2D eigenvalue weighted by Crippen LogP contribution is 2.39. The van der Waals surface area contributed by atoms with Gasteiger partial charge in [0.05, 0.1) is 12.1 Å². The number of halogens is 2. The molecule has 4 nitrogen and oxygen atoms in total. The first kappa shape index (κ1) is 17.1. The van der Waals surface area contributed by atoms with Crippen molar-refractivity contribution in [3.05, 3.63) is 76.3 Å². The average molecular weight is 373 g/mol. The van der Waals surface area contributed by atoms with Crippen molar-refractivity contribution >= 4 is 16.5 Å². The van der Waals surface area contributed by atoms with E-state index in [4.69, 9.17) is 0 Å². The molecule has 1 N–H and O–H groups in total. The van der Waals surface area contributed by atoms with Gasteiger partial charge in [-0.15, -0.1) is 10.2 Å². The second kappa shape index (κ2) is 7.09. The van der Waals surface area contributed by atoms with Gasteiger partial charge >= 0.3 is 0 Å². The Balaban J connectivity index is 1.60. The normalized spacial score (nSPS) is 19.9. The quantitative estimate of drug-likeness (QED) is 0.757. The first-order chi connectivity index (χ1) is 12.6. The van der Waals surface area contributed by atoms with Crippen LogP contribution in [0.5, 0.6) is 0 Å². The summed E-state index contributed by atoms with van der Waals surface area (Å²) in [7, 11) is 0. The number of hydrogen-bond donors (Lipinski definition) is 1. The van der Waals surface area contributed by atoms with Gasteiger partial charge in [0.15, 0.2) is 0 Å². The lowest BCUT2D eigenvalue weighted by Gasteiger charge is -2.23. The van der Waals surface area contributed by atoms with Gasteiger partial charge in [-0.1, -0.05) is 41.7 Å². The lowest BCUT2D eigenvalue weighted by atomic mass is 10.0. The van der Waals surface area contributed by atoms with E-state index in [9.17, 15) is 13.9 Å². The van der Waals surface area contributed by atoms with E-state index in [2.05, 4.69) is 10.2 Å². The molecular formula is C19H17F2N3OS. The highest BCUT2D eigenvalue weighted by molar-refractivity contribution is 7.15. The number of anilines is 1. The van der Waals surface area contributed by atoms with Crippen molar-refractivity contribution in [1.82, 2.24) is 10.2 Å². The maximum atomic E-state index is 14.2. The Hall–Kier alpha value is -2.38. The zero-order valence-corrected chi connectivity index (χ0v) is 14.7. The third-order valence-corrected chi connectivity index (χ3v) is 5.46. The van der Waals surface area contributed by atoms with Crippen molar-refractivity contribution in [1.29, 1.82) is 0 Å². The number of aromatic nitrogens is 2. The molecule has 3 aromatic rings. The van der Waals surface area contributed by atoms with Crippen LogP contribution in [-0.2, 0) is 6.42 Å². The largest absolute Gasteiger partial charge is 0.391 e. The van der Waals surface area contributed by atoms with Crippen LogP contribution in [0.2, 0.25) is 0 Å². The molecule has 0 spiro atoms. The van der Waals surface area contributed by atoms with Crippen molar-refractivity contribution in [3.63, 3.8) is 0 Å². The van der Waals surface area contributed by atoms with Crippen LogP contribution < -0.4 is 4.90 Å². The molecule has 0 saturated carbocycles. The van der Waals surface area contributed by atoms with E-state index in [1.807, 2.05) is 35.2 Å². The number of rotatable bonds is 4. The fourth-order valence-corrected chi connectivity index (χ4v) is 4.22. The number of β-amino-alcohol motifs (C(OH)–C–C–N with tert-alkyl or cyclic N) is 1. The summed E-state index contributed by atoms with van der Waals surface area (Å²) in [6.07, 6.45) is 0.367. The fourth-order valence-electron chi connectivity index (χ4n) is 3.29. The molecule has 0 bridgehead atoms. The van der Waals surface area contributed by atoms with Crippen molar-refractivity contribution < 1.29 is 13.9 Å². The summed E-state index contributed by atoms with van der Waals surface area (Å²) in [5.74, 6) is -0.978. The van der Waals surface area contributed by atoms with Crippen LogP contribution in [0, 0.1) is 11.6 Å². The van der Waals surface area contributed by atoms with Gasteiger partial charge in [-0.3, -0.25) is 0 Å². The van der Waals surface area contributed by atoms with Crippen molar-refractivity contribution in [2.45, 2.75) is 25.0 Å². The fraction of sp³-hybridized carbons (Fsp3) is 0.263. The Bertz CT molecular complexity index is 903. The molecule has 26 heavy (non-hydrogen) atoms. The molecule has 1 saturated heterocycles. The van der Waals surface area contributed by atoms with E-state index < -0.39 is 23.8 Å². The van der Waals surface area contributed by atoms with Crippen LogP contribution >= 0.6 is 11.3 Å². The van der Waals surface area contributed by atoms with Crippen LogP contribution in [0.3, 0.4) is 0 Å². The lowest BCUT2D eigenvalue weighted by Crippen LogP contribution is -2.24. The smallest absolute Gasteiger partial charge is 0.208 e. The molecule has 4 rings (SSSR count). The van der Waals surface area contributed by atoms with Crippen molar-refractivity contribution in [2.24, 2.45) is 0 Å². The number of hydrogen-bond acceptors (Lipinski definition) is 5. The van der Waals surface area contributed by atoms with E-state index in [-0.39, 0.29) is 5.56 Å². The van der Waals surface area contributed by atoms with E-state index >= 15 is 0 Å². The molecule has 1 fully saturated rings. The summed E-state index contributed by atoms with van der Waals surface area (Å²) in [6, 6.07) is 12.9. The van der Waals surface area contributed by atoms with Crippen LogP contribution in [0.15, 0.2) is 48.5 Å². The molecule has 1 aliphatic heterocycles. The summed E-state index contributed by atoms with van der Waals surface area (Å²) in [6.45, 7) is 0.320. The summed E-state index contributed by atoms with van der Waals surface area (Å²) in [5.41, 5.74) is 1.37. The molecule has 7 heteroatoms. The monoisotopic (exact) mass is 373 g/mol. The summed E-state index contributed by atoms with van der Waals surface area (Å²) < 4.78 is 27.8. The SMILES string of the molecule is OC1CC(c2cc(F)ccc2F)N(c2nnc(Cc3ccccc3)s2)C1.